The Kier molecular flexibility index (Phi) is 7.00. The van der Waals surface area contributed by atoms with Crippen molar-refractivity contribution in [2.45, 2.75) is 51.4 Å². The van der Waals surface area contributed by atoms with E-state index < -0.39 is 23.3 Å². The highest BCUT2D eigenvalue weighted by molar-refractivity contribution is 6.30. The summed E-state index contributed by atoms with van der Waals surface area (Å²) in [5.74, 6) is -0.670. The second kappa shape index (κ2) is 10.2. The van der Waals surface area contributed by atoms with Crippen LogP contribution >= 0.6 is 11.6 Å². The van der Waals surface area contributed by atoms with Crippen LogP contribution in [0.2, 0.25) is 5.02 Å². The van der Waals surface area contributed by atoms with Crippen LogP contribution in [0.25, 0.3) is 16.7 Å². The SMILES string of the molecule is Cc1ccc(-n2c(=O)n(CC3CCC(NC(=O)c4cc(Cl)cnc4C(F)(F)F)CC3)c3ccccc32)cn1. The second-order valence-electron chi connectivity index (χ2n) is 9.61. The van der Waals surface area contributed by atoms with E-state index in [0.717, 1.165) is 29.0 Å². The Morgan fingerprint density at radius 2 is 1.76 bits per heavy atom. The van der Waals surface area contributed by atoms with E-state index >= 15 is 0 Å². The molecule has 1 aliphatic rings. The molecule has 11 heteroatoms. The van der Waals surface area contributed by atoms with E-state index in [9.17, 15) is 22.8 Å². The van der Waals surface area contributed by atoms with Crippen LogP contribution < -0.4 is 11.0 Å². The molecule has 4 aromatic rings. The molecule has 5 rings (SSSR count). The maximum Gasteiger partial charge on any atom is 0.434 e. The van der Waals surface area contributed by atoms with E-state index in [-0.39, 0.29) is 22.7 Å². The van der Waals surface area contributed by atoms with E-state index in [1.807, 2.05) is 43.3 Å². The molecule has 38 heavy (non-hydrogen) atoms. The molecule has 1 aliphatic carbocycles. The zero-order valence-corrected chi connectivity index (χ0v) is 21.3. The summed E-state index contributed by atoms with van der Waals surface area (Å²) in [5.41, 5.74) is 1.16. The topological polar surface area (TPSA) is 81.8 Å². The Balaban J connectivity index is 1.30. The molecule has 198 valence electrons. The minimum atomic E-state index is -4.77. The third kappa shape index (κ3) is 5.18. The van der Waals surface area contributed by atoms with Crippen LogP contribution in [0.3, 0.4) is 0 Å². The molecular formula is C27H25ClF3N5O2. The number of pyridine rings is 2. The van der Waals surface area contributed by atoms with Crippen molar-refractivity contribution < 1.29 is 18.0 Å². The number of hydrogen-bond acceptors (Lipinski definition) is 4. The van der Waals surface area contributed by atoms with Gasteiger partial charge in [-0.2, -0.15) is 13.2 Å². The molecular weight excluding hydrogens is 519 g/mol. The highest BCUT2D eigenvalue weighted by Gasteiger charge is 2.38. The maximum absolute atomic E-state index is 13.5. The van der Waals surface area contributed by atoms with E-state index in [2.05, 4.69) is 15.3 Å². The third-order valence-electron chi connectivity index (χ3n) is 6.98. The Morgan fingerprint density at radius 3 is 2.42 bits per heavy atom. The van der Waals surface area contributed by atoms with Gasteiger partial charge in [0.2, 0.25) is 0 Å². The number of nitrogens with zero attached hydrogens (tertiary/aromatic N) is 4. The number of hydrogen-bond donors (Lipinski definition) is 1. The van der Waals surface area contributed by atoms with Crippen molar-refractivity contribution in [1.29, 1.82) is 0 Å². The molecule has 0 spiro atoms. The molecule has 1 saturated carbocycles. The minimum Gasteiger partial charge on any atom is -0.349 e. The largest absolute Gasteiger partial charge is 0.434 e. The monoisotopic (exact) mass is 543 g/mol. The Labute approximate surface area is 221 Å². The Morgan fingerprint density at radius 1 is 1.05 bits per heavy atom. The fourth-order valence-corrected chi connectivity index (χ4v) is 5.23. The van der Waals surface area contributed by atoms with Crippen LogP contribution in [0.15, 0.2) is 59.7 Å². The van der Waals surface area contributed by atoms with Gasteiger partial charge in [-0.1, -0.05) is 23.7 Å². The minimum absolute atomic E-state index is 0.0436. The lowest BCUT2D eigenvalue weighted by Crippen LogP contribution is -2.39. The lowest BCUT2D eigenvalue weighted by molar-refractivity contribution is -0.141. The summed E-state index contributed by atoms with van der Waals surface area (Å²) in [4.78, 5) is 33.8. The second-order valence-corrected chi connectivity index (χ2v) is 10.1. The number of rotatable bonds is 5. The molecule has 7 nitrogen and oxygen atoms in total. The average molecular weight is 544 g/mol. The number of aromatic nitrogens is 4. The van der Waals surface area contributed by atoms with Crippen molar-refractivity contribution >= 4 is 28.5 Å². The predicted molar refractivity (Wildman–Crippen MR) is 138 cm³/mol. The quantitative estimate of drug-likeness (QED) is 0.358. The number of imidazole rings is 1. The molecule has 1 fully saturated rings. The summed E-state index contributed by atoms with van der Waals surface area (Å²) in [6.45, 7) is 2.39. The first-order valence-corrected chi connectivity index (χ1v) is 12.7. The van der Waals surface area contributed by atoms with Crippen LogP contribution in [0.5, 0.6) is 0 Å². The van der Waals surface area contributed by atoms with Crippen LogP contribution in [0.1, 0.15) is 47.4 Å². The van der Waals surface area contributed by atoms with E-state index in [0.29, 0.717) is 37.9 Å². The number of benzene rings is 1. The smallest absolute Gasteiger partial charge is 0.349 e. The van der Waals surface area contributed by atoms with Crippen molar-refractivity contribution in [3.63, 3.8) is 0 Å². The fraction of sp³-hybridized carbons (Fsp3) is 0.333. The van der Waals surface area contributed by atoms with Gasteiger partial charge in [0, 0.05) is 24.5 Å². The number of aryl methyl sites for hydroxylation is 1. The molecule has 0 atom stereocenters. The molecule has 0 radical (unpaired) electrons. The summed E-state index contributed by atoms with van der Waals surface area (Å²) in [5, 5.41) is 2.67. The molecule has 1 aromatic carbocycles. The first-order chi connectivity index (χ1) is 18.1. The zero-order valence-electron chi connectivity index (χ0n) is 20.5. The number of fused-ring (bicyclic) bond motifs is 1. The van der Waals surface area contributed by atoms with E-state index in [1.165, 1.54) is 0 Å². The fourth-order valence-electron chi connectivity index (χ4n) is 5.08. The summed E-state index contributed by atoms with van der Waals surface area (Å²) in [6, 6.07) is 12.0. The first kappa shape index (κ1) is 26.0. The summed E-state index contributed by atoms with van der Waals surface area (Å²) >= 11 is 5.81. The number of para-hydroxylation sites is 2. The molecule has 1 amide bonds. The number of alkyl halides is 3. The van der Waals surface area contributed by atoms with Crippen molar-refractivity contribution in [3.8, 4) is 5.69 Å². The predicted octanol–water partition coefficient (Wildman–Crippen LogP) is 5.55. The number of carbonyl (C=O) groups is 1. The standard InChI is InChI=1S/C27H25ClF3N5O2/c1-16-6-11-20(14-32-16)36-23-5-3-2-4-22(23)35(26(36)38)15-17-7-9-19(10-8-17)34-25(37)21-12-18(28)13-33-24(21)27(29,30)31/h2-6,11-14,17,19H,7-10,15H2,1H3,(H,34,37). The normalized spacial score (nSPS) is 18.0. The number of amides is 1. The lowest BCUT2D eigenvalue weighted by atomic mass is 9.85. The van der Waals surface area contributed by atoms with Gasteiger partial charge in [-0.25, -0.2) is 9.78 Å². The van der Waals surface area contributed by atoms with E-state index in [4.69, 9.17) is 11.6 Å². The van der Waals surface area contributed by atoms with E-state index in [1.54, 1.807) is 15.3 Å². The molecule has 1 N–H and O–H groups in total. The number of nitrogens with one attached hydrogen (secondary N) is 1. The van der Waals surface area contributed by atoms with Gasteiger partial charge in [0.15, 0.2) is 5.69 Å². The van der Waals surface area contributed by atoms with Crippen LogP contribution in [0, 0.1) is 12.8 Å². The summed E-state index contributed by atoms with van der Waals surface area (Å²) in [6.07, 6.45) is 0.380. The van der Waals surface area contributed by atoms with Crippen LogP contribution in [0.4, 0.5) is 13.2 Å². The molecule has 0 bridgehead atoms. The molecule has 0 aliphatic heterocycles. The van der Waals surface area contributed by atoms with Crippen LogP contribution in [-0.2, 0) is 12.7 Å². The zero-order chi connectivity index (χ0) is 27.0. The molecule has 0 saturated heterocycles. The molecule has 3 aromatic heterocycles. The highest BCUT2D eigenvalue weighted by Crippen LogP contribution is 2.32. The Bertz CT molecular complexity index is 1540. The molecule has 0 unspecified atom stereocenters. The van der Waals surface area contributed by atoms with Gasteiger partial charge < -0.3 is 5.32 Å². The van der Waals surface area contributed by atoms with Gasteiger partial charge in [-0.15, -0.1) is 0 Å². The van der Waals surface area contributed by atoms with Gasteiger partial charge in [0.25, 0.3) is 5.91 Å². The van der Waals surface area contributed by atoms with Gasteiger partial charge in [0.05, 0.1) is 33.5 Å². The van der Waals surface area contributed by atoms with Crippen LogP contribution in [-0.4, -0.2) is 31.1 Å². The molecule has 3 heterocycles. The number of carbonyl (C=O) groups excluding carboxylic acids is 1. The summed E-state index contributed by atoms with van der Waals surface area (Å²) in [7, 11) is 0. The average Bonchev–Trinajstić information content (AvgIpc) is 3.16. The highest BCUT2D eigenvalue weighted by atomic mass is 35.5. The number of halogens is 4. The third-order valence-corrected chi connectivity index (χ3v) is 7.19. The lowest BCUT2D eigenvalue weighted by Gasteiger charge is -2.29. The van der Waals surface area contributed by atoms with Gasteiger partial charge in [-0.3, -0.25) is 18.9 Å². The van der Waals surface area contributed by atoms with Crippen molar-refractivity contribution in [3.05, 3.63) is 87.3 Å². The van der Waals surface area contributed by atoms with Gasteiger partial charge >= 0.3 is 11.9 Å². The van der Waals surface area contributed by atoms with Crippen molar-refractivity contribution in [2.75, 3.05) is 0 Å². The van der Waals surface area contributed by atoms with Gasteiger partial charge in [0.1, 0.15) is 0 Å². The van der Waals surface area contributed by atoms with Gasteiger partial charge in [-0.05, 0) is 68.9 Å². The maximum atomic E-state index is 13.5. The van der Waals surface area contributed by atoms with Crippen molar-refractivity contribution in [2.24, 2.45) is 5.92 Å². The Hall–Kier alpha value is -3.66. The van der Waals surface area contributed by atoms with Crippen molar-refractivity contribution in [1.82, 2.24) is 24.4 Å². The first-order valence-electron chi connectivity index (χ1n) is 12.3. The summed E-state index contributed by atoms with van der Waals surface area (Å²) < 4.78 is 43.4.